The molecule has 0 aromatic heterocycles. The van der Waals surface area contributed by atoms with Gasteiger partial charge in [0.15, 0.2) is 0 Å². The van der Waals surface area contributed by atoms with Crippen LogP contribution in [0.1, 0.15) is 17.5 Å². The van der Waals surface area contributed by atoms with Gasteiger partial charge in [-0.05, 0) is 43.3 Å². The van der Waals surface area contributed by atoms with E-state index in [2.05, 4.69) is 0 Å². The van der Waals surface area contributed by atoms with E-state index in [4.69, 9.17) is 25.2 Å². The van der Waals surface area contributed by atoms with Crippen molar-refractivity contribution in [1.82, 2.24) is 0 Å². The van der Waals surface area contributed by atoms with Crippen molar-refractivity contribution in [3.63, 3.8) is 0 Å². The number of amidine groups is 1. The molecule has 0 fully saturated rings. The Morgan fingerprint density at radius 2 is 1.48 bits per heavy atom. The van der Waals surface area contributed by atoms with E-state index in [-0.39, 0.29) is 10.7 Å². The molecule has 0 saturated heterocycles. The van der Waals surface area contributed by atoms with Crippen LogP contribution in [0.4, 0.5) is 0 Å². The van der Waals surface area contributed by atoms with Gasteiger partial charge in [-0.15, -0.1) is 0 Å². The summed E-state index contributed by atoms with van der Waals surface area (Å²) in [6, 6.07) is 22.9. The Hall–Kier alpha value is -3.36. The van der Waals surface area contributed by atoms with Crippen molar-refractivity contribution in [2.75, 3.05) is 13.2 Å². The summed E-state index contributed by atoms with van der Waals surface area (Å²) >= 11 is 0. The molecule has 3 aromatic rings. The number of hydrogen-bond donors (Lipinski definition) is 3. The fourth-order valence-electron chi connectivity index (χ4n) is 2.42. The number of nitrogens with two attached hydrogens (primary N) is 1. The fraction of sp³-hybridized carbons (Fsp3) is 0.174. The van der Waals surface area contributed by atoms with Crippen LogP contribution in [0.5, 0.6) is 11.5 Å². The van der Waals surface area contributed by atoms with E-state index in [1.165, 1.54) is 12.1 Å². The highest BCUT2D eigenvalue weighted by Crippen LogP contribution is 2.13. The molecule has 0 atom stereocenters. The second-order valence-corrected chi connectivity index (χ2v) is 8.01. The smallest absolute Gasteiger partial charge is 0.294 e. The van der Waals surface area contributed by atoms with Gasteiger partial charge in [0, 0.05) is 12.0 Å². The molecule has 0 aliphatic heterocycles. The number of ether oxygens (including phenoxy) is 2. The van der Waals surface area contributed by atoms with Crippen LogP contribution in [0.3, 0.4) is 0 Å². The molecule has 0 aliphatic carbocycles. The highest BCUT2D eigenvalue weighted by Gasteiger charge is 2.06. The Labute approximate surface area is 182 Å². The van der Waals surface area contributed by atoms with Crippen molar-refractivity contribution < 1.29 is 22.4 Å². The Morgan fingerprint density at radius 1 is 0.903 bits per heavy atom. The van der Waals surface area contributed by atoms with Crippen LogP contribution in [-0.2, 0) is 10.1 Å². The zero-order valence-electron chi connectivity index (χ0n) is 17.2. The van der Waals surface area contributed by atoms with Gasteiger partial charge < -0.3 is 15.2 Å². The van der Waals surface area contributed by atoms with Crippen LogP contribution in [0.25, 0.3) is 0 Å². The maximum atomic E-state index is 10.5. The average molecular weight is 443 g/mol. The van der Waals surface area contributed by atoms with Gasteiger partial charge in [0.2, 0.25) is 0 Å². The number of nitrogen functional groups attached to an aromatic ring is 1. The standard InChI is InChI=1S/C16H18N2O2.C7H8O3S/c17-16(18)13-6-4-9-15(12-13)20-11-5-10-19-14-7-2-1-3-8-14;1-6-2-4-7(5-3-6)11(8,9)10/h1-4,6-9,12H,5,10-11H2,(H3,17,18);2-5H,1H3,(H,8,9,10). The van der Waals surface area contributed by atoms with Gasteiger partial charge in [-0.3, -0.25) is 9.96 Å². The van der Waals surface area contributed by atoms with Crippen LogP contribution in [0.2, 0.25) is 0 Å². The van der Waals surface area contributed by atoms with Crippen LogP contribution in [-0.4, -0.2) is 32.0 Å². The lowest BCUT2D eigenvalue weighted by Crippen LogP contribution is -2.11. The highest BCUT2D eigenvalue weighted by atomic mass is 32.2. The third-order valence-electron chi connectivity index (χ3n) is 4.03. The molecule has 164 valence electrons. The maximum Gasteiger partial charge on any atom is 0.294 e. The quantitative estimate of drug-likeness (QED) is 0.209. The molecule has 7 nitrogen and oxygen atoms in total. The van der Waals surface area contributed by atoms with Gasteiger partial charge in [0.25, 0.3) is 10.1 Å². The van der Waals surface area contributed by atoms with Gasteiger partial charge in [0.05, 0.1) is 18.1 Å². The van der Waals surface area contributed by atoms with Gasteiger partial charge in [-0.2, -0.15) is 8.42 Å². The van der Waals surface area contributed by atoms with E-state index in [9.17, 15) is 8.42 Å². The molecule has 0 saturated carbocycles. The number of rotatable bonds is 8. The van der Waals surface area contributed by atoms with E-state index in [1.807, 2.05) is 49.4 Å². The molecule has 0 amide bonds. The minimum Gasteiger partial charge on any atom is -0.493 e. The first-order valence-corrected chi connectivity index (χ1v) is 11.0. The second-order valence-electron chi connectivity index (χ2n) is 6.59. The predicted molar refractivity (Wildman–Crippen MR) is 121 cm³/mol. The number of para-hydroxylation sites is 1. The van der Waals surface area contributed by atoms with Crippen molar-refractivity contribution in [2.45, 2.75) is 18.2 Å². The van der Waals surface area contributed by atoms with Crippen molar-refractivity contribution in [2.24, 2.45) is 5.73 Å². The zero-order valence-corrected chi connectivity index (χ0v) is 18.0. The first-order chi connectivity index (χ1) is 14.8. The SMILES string of the molecule is Cc1ccc(S(=O)(=O)O)cc1.N=C(N)c1cccc(OCCCOc2ccccc2)c1. The molecular weight excluding hydrogens is 416 g/mol. The Balaban J connectivity index is 0.000000262. The Bertz CT molecular complexity index is 1070. The van der Waals surface area contributed by atoms with Crippen molar-refractivity contribution in [1.29, 1.82) is 5.41 Å². The lowest BCUT2D eigenvalue weighted by molar-refractivity contribution is 0.247. The molecule has 0 bridgehead atoms. The summed E-state index contributed by atoms with van der Waals surface area (Å²) in [6.45, 7) is 3.01. The van der Waals surface area contributed by atoms with Gasteiger partial charge in [-0.1, -0.05) is 48.0 Å². The Morgan fingerprint density at radius 3 is 2.06 bits per heavy atom. The molecule has 0 spiro atoms. The molecule has 0 radical (unpaired) electrons. The maximum absolute atomic E-state index is 10.5. The zero-order chi connectivity index (χ0) is 22.7. The van der Waals surface area contributed by atoms with E-state index in [1.54, 1.807) is 24.3 Å². The third-order valence-corrected chi connectivity index (χ3v) is 4.90. The number of benzene rings is 3. The average Bonchev–Trinajstić information content (AvgIpc) is 2.74. The minimum atomic E-state index is -4.02. The normalized spacial score (nSPS) is 10.5. The molecule has 0 unspecified atom stereocenters. The topological polar surface area (TPSA) is 123 Å². The molecule has 31 heavy (non-hydrogen) atoms. The first-order valence-electron chi connectivity index (χ1n) is 9.55. The lowest BCUT2D eigenvalue weighted by atomic mass is 10.2. The van der Waals surface area contributed by atoms with Gasteiger partial charge >= 0.3 is 0 Å². The van der Waals surface area contributed by atoms with E-state index in [0.29, 0.717) is 18.8 Å². The molecular formula is C23H26N2O5S. The largest absolute Gasteiger partial charge is 0.493 e. The van der Waals surface area contributed by atoms with Crippen LogP contribution in [0.15, 0.2) is 83.8 Å². The van der Waals surface area contributed by atoms with E-state index in [0.717, 1.165) is 23.5 Å². The van der Waals surface area contributed by atoms with Crippen LogP contribution < -0.4 is 15.2 Å². The van der Waals surface area contributed by atoms with Gasteiger partial charge in [0.1, 0.15) is 17.3 Å². The summed E-state index contributed by atoms with van der Waals surface area (Å²) in [7, 11) is -4.02. The third kappa shape index (κ3) is 8.90. The van der Waals surface area contributed by atoms with Crippen molar-refractivity contribution in [3.8, 4) is 11.5 Å². The van der Waals surface area contributed by atoms with E-state index >= 15 is 0 Å². The van der Waals surface area contributed by atoms with Gasteiger partial charge in [-0.25, -0.2) is 0 Å². The lowest BCUT2D eigenvalue weighted by Gasteiger charge is -2.08. The molecule has 3 rings (SSSR count). The summed E-state index contributed by atoms with van der Waals surface area (Å²) in [5.41, 5.74) is 7.06. The summed E-state index contributed by atoms with van der Waals surface area (Å²) in [6.07, 6.45) is 0.791. The summed E-state index contributed by atoms with van der Waals surface area (Å²) in [5, 5.41) is 7.37. The number of aryl methyl sites for hydroxylation is 1. The number of nitrogens with one attached hydrogen (secondary N) is 1. The second kappa shape index (κ2) is 11.7. The summed E-state index contributed by atoms with van der Waals surface area (Å²) in [5.74, 6) is 1.63. The molecule has 8 heteroatoms. The highest BCUT2D eigenvalue weighted by molar-refractivity contribution is 7.85. The van der Waals surface area contributed by atoms with Crippen molar-refractivity contribution in [3.05, 3.63) is 90.0 Å². The first kappa shape index (κ1) is 23.9. The van der Waals surface area contributed by atoms with E-state index < -0.39 is 10.1 Å². The number of hydrogen-bond acceptors (Lipinski definition) is 5. The predicted octanol–water partition coefficient (Wildman–Crippen LogP) is 4.06. The Kier molecular flexibility index (Phi) is 9.05. The van der Waals surface area contributed by atoms with Crippen molar-refractivity contribution >= 4 is 16.0 Å². The fourth-order valence-corrected chi connectivity index (χ4v) is 2.90. The van der Waals surface area contributed by atoms with Crippen LogP contribution in [0, 0.1) is 12.3 Å². The monoisotopic (exact) mass is 442 g/mol. The van der Waals surface area contributed by atoms with Crippen LogP contribution >= 0.6 is 0 Å². The molecule has 4 N–H and O–H groups in total. The minimum absolute atomic E-state index is 0.0443. The molecule has 0 aliphatic rings. The summed E-state index contributed by atoms with van der Waals surface area (Å²) in [4.78, 5) is -0.0666. The summed E-state index contributed by atoms with van der Waals surface area (Å²) < 4.78 is 40.7. The molecule has 3 aromatic carbocycles. The molecule has 0 heterocycles.